The topological polar surface area (TPSA) is 90.2 Å². The van der Waals surface area contributed by atoms with Gasteiger partial charge in [-0.3, -0.25) is 5.41 Å². The number of hydrogen-bond donors (Lipinski definition) is 1. The third-order valence-corrected chi connectivity index (χ3v) is 3.45. The molecule has 0 saturated heterocycles. The van der Waals surface area contributed by atoms with E-state index < -0.39 is 6.09 Å². The van der Waals surface area contributed by atoms with Crippen LogP contribution in [0.3, 0.4) is 0 Å². The van der Waals surface area contributed by atoms with Crippen molar-refractivity contribution in [3.05, 3.63) is 23.8 Å². The number of carbonyl (C=O) groups is 1. The van der Waals surface area contributed by atoms with Crippen LogP contribution in [0.15, 0.2) is 23.2 Å². The minimum Gasteiger partial charge on any atom is -0.493 e. The second-order valence-corrected chi connectivity index (χ2v) is 4.97. The Morgan fingerprint density at radius 1 is 1.22 bits per heavy atom. The molecular weight excluding hydrogens is 320 g/mol. The molecule has 1 N–H and O–H groups in total. The third kappa shape index (κ3) is 5.57. The molecule has 0 fully saturated rings. The fourth-order valence-corrected chi connectivity index (χ4v) is 2.12. The molecular formula is C15H20N2O5S. The van der Waals surface area contributed by atoms with Gasteiger partial charge < -0.3 is 18.9 Å². The number of nitrogens with one attached hydrogen (secondary N) is 1. The van der Waals surface area contributed by atoms with Crippen LogP contribution in [0.5, 0.6) is 11.5 Å². The lowest BCUT2D eigenvalue weighted by atomic mass is 10.1. The number of methoxy groups -OCH3 is 3. The van der Waals surface area contributed by atoms with E-state index in [9.17, 15) is 4.79 Å². The summed E-state index contributed by atoms with van der Waals surface area (Å²) < 4.78 is 20.2. The molecule has 1 amide bonds. The molecule has 126 valence electrons. The van der Waals surface area contributed by atoms with Gasteiger partial charge in [-0.1, -0.05) is 0 Å². The zero-order valence-corrected chi connectivity index (χ0v) is 14.4. The maximum absolute atomic E-state index is 11.3. The lowest BCUT2D eigenvalue weighted by Crippen LogP contribution is -2.13. The van der Waals surface area contributed by atoms with Gasteiger partial charge in [0.25, 0.3) is 0 Å². The largest absolute Gasteiger partial charge is 0.493 e. The van der Waals surface area contributed by atoms with Crippen LogP contribution in [-0.4, -0.2) is 57.6 Å². The molecule has 1 aromatic rings. The van der Waals surface area contributed by atoms with Crippen molar-refractivity contribution in [3.63, 3.8) is 0 Å². The van der Waals surface area contributed by atoms with Gasteiger partial charge in [-0.2, -0.15) is 4.99 Å². The highest BCUT2D eigenvalue weighted by Crippen LogP contribution is 2.28. The number of benzene rings is 1. The van der Waals surface area contributed by atoms with Crippen LogP contribution >= 0.6 is 11.8 Å². The molecule has 0 aliphatic rings. The molecule has 0 unspecified atom stereocenters. The number of ether oxygens (including phenoxy) is 4. The Morgan fingerprint density at radius 2 is 1.96 bits per heavy atom. The van der Waals surface area contributed by atoms with Crippen molar-refractivity contribution < 1.29 is 23.7 Å². The first kappa shape index (κ1) is 19.0. The monoisotopic (exact) mass is 340 g/mol. The summed E-state index contributed by atoms with van der Waals surface area (Å²) in [5.74, 6) is 1.04. The van der Waals surface area contributed by atoms with Gasteiger partial charge in [-0.05, 0) is 24.5 Å². The zero-order valence-electron chi connectivity index (χ0n) is 13.5. The predicted molar refractivity (Wildman–Crippen MR) is 90.5 cm³/mol. The fraction of sp³-hybridized carbons (Fsp3) is 0.400. The normalized spacial score (nSPS) is 11.0. The van der Waals surface area contributed by atoms with E-state index in [1.807, 2.05) is 0 Å². The average Bonchev–Trinajstić information content (AvgIpc) is 2.59. The first-order valence-electron chi connectivity index (χ1n) is 6.67. The number of aliphatic imine (C=N–C) groups is 1. The number of rotatable bonds is 7. The molecule has 23 heavy (non-hydrogen) atoms. The van der Waals surface area contributed by atoms with E-state index in [1.165, 1.54) is 26.0 Å². The maximum atomic E-state index is 11.3. The van der Waals surface area contributed by atoms with Crippen molar-refractivity contribution >= 4 is 28.6 Å². The zero-order chi connectivity index (χ0) is 17.2. The number of hydrogen-bond acceptors (Lipinski definition) is 7. The minimum absolute atomic E-state index is 0.102. The van der Waals surface area contributed by atoms with Crippen molar-refractivity contribution in [1.29, 1.82) is 5.41 Å². The van der Waals surface area contributed by atoms with Crippen LogP contribution in [0.25, 0.3) is 0 Å². The Hall–Kier alpha value is -2.06. The molecule has 8 heteroatoms. The fourth-order valence-electron chi connectivity index (χ4n) is 1.63. The Kier molecular flexibility index (Phi) is 8.14. The molecule has 0 saturated carbocycles. The van der Waals surface area contributed by atoms with Crippen LogP contribution in [0.2, 0.25) is 0 Å². The summed E-state index contributed by atoms with van der Waals surface area (Å²) in [6, 6.07) is 5.07. The smallest absolute Gasteiger partial charge is 0.434 e. The standard InChI is InChI=1S/C15H20N2O5S/c1-19-7-8-22-11-6-5-10(9-12(11)20-2)13(16)14(23-4)17-15(18)21-3/h5-6,9,16H,7-8H2,1-4H3. The summed E-state index contributed by atoms with van der Waals surface area (Å²) in [4.78, 5) is 15.0. The molecule has 1 rings (SSSR count). The molecule has 0 aliphatic heterocycles. The van der Waals surface area contributed by atoms with Gasteiger partial charge in [0, 0.05) is 12.7 Å². The molecule has 0 heterocycles. The van der Waals surface area contributed by atoms with Gasteiger partial charge in [0.1, 0.15) is 11.7 Å². The number of thioether (sulfide) groups is 1. The minimum atomic E-state index is -0.745. The van der Waals surface area contributed by atoms with Gasteiger partial charge in [0.15, 0.2) is 11.5 Å². The lowest BCUT2D eigenvalue weighted by Gasteiger charge is -2.12. The molecule has 7 nitrogen and oxygen atoms in total. The van der Waals surface area contributed by atoms with Gasteiger partial charge in [0.2, 0.25) is 0 Å². The highest BCUT2D eigenvalue weighted by Gasteiger charge is 2.14. The van der Waals surface area contributed by atoms with E-state index in [0.717, 1.165) is 0 Å². The molecule has 1 aromatic carbocycles. The molecule has 0 bridgehead atoms. The van der Waals surface area contributed by atoms with Crippen molar-refractivity contribution in [1.82, 2.24) is 0 Å². The van der Waals surface area contributed by atoms with Gasteiger partial charge in [-0.25, -0.2) is 4.79 Å². The summed E-state index contributed by atoms with van der Waals surface area (Å²) in [6.45, 7) is 0.854. The van der Waals surface area contributed by atoms with Gasteiger partial charge >= 0.3 is 6.09 Å². The third-order valence-electron chi connectivity index (χ3n) is 2.77. The quantitative estimate of drug-likeness (QED) is 0.466. The Labute approximate surface area is 139 Å². The second-order valence-electron chi connectivity index (χ2n) is 4.17. The predicted octanol–water partition coefficient (Wildman–Crippen LogP) is 2.62. The SMILES string of the molecule is COCCOc1ccc(C(=N)C(=NC(=O)OC)SC)cc1OC. The number of carbonyl (C=O) groups excluding carboxylic acids is 1. The second kappa shape index (κ2) is 9.86. The molecule has 0 radical (unpaired) electrons. The number of nitrogens with zero attached hydrogens (tertiary/aromatic N) is 1. The van der Waals surface area contributed by atoms with Crippen molar-refractivity contribution in [2.75, 3.05) is 40.8 Å². The summed E-state index contributed by atoms with van der Waals surface area (Å²) in [5.41, 5.74) is 0.655. The van der Waals surface area contributed by atoms with Gasteiger partial charge in [-0.15, -0.1) is 11.8 Å². The summed E-state index contributed by atoms with van der Waals surface area (Å²) in [5, 5.41) is 8.45. The first-order valence-corrected chi connectivity index (χ1v) is 7.89. The molecule has 0 aliphatic carbocycles. The van der Waals surface area contributed by atoms with E-state index >= 15 is 0 Å². The van der Waals surface area contributed by atoms with E-state index in [2.05, 4.69) is 9.73 Å². The maximum Gasteiger partial charge on any atom is 0.434 e. The van der Waals surface area contributed by atoms with Crippen molar-refractivity contribution in [2.45, 2.75) is 0 Å². The van der Waals surface area contributed by atoms with Crippen molar-refractivity contribution in [2.24, 2.45) is 4.99 Å². The van der Waals surface area contributed by atoms with Crippen LogP contribution < -0.4 is 9.47 Å². The Bertz CT molecular complexity index is 589. The molecule has 0 atom stereocenters. The summed E-state index contributed by atoms with van der Waals surface area (Å²) in [6.07, 6.45) is 0.987. The van der Waals surface area contributed by atoms with Gasteiger partial charge in [0.05, 0.1) is 26.5 Å². The summed E-state index contributed by atoms with van der Waals surface area (Å²) in [7, 11) is 4.35. The molecule has 0 aromatic heterocycles. The first-order chi connectivity index (χ1) is 11.1. The average molecular weight is 340 g/mol. The molecule has 0 spiro atoms. The summed E-state index contributed by atoms with van der Waals surface area (Å²) >= 11 is 1.19. The van der Waals surface area contributed by atoms with E-state index in [1.54, 1.807) is 31.6 Å². The lowest BCUT2D eigenvalue weighted by molar-refractivity contribution is 0.144. The Morgan fingerprint density at radius 3 is 2.52 bits per heavy atom. The highest BCUT2D eigenvalue weighted by atomic mass is 32.2. The van der Waals surface area contributed by atoms with E-state index in [-0.39, 0.29) is 10.8 Å². The van der Waals surface area contributed by atoms with Crippen molar-refractivity contribution in [3.8, 4) is 11.5 Å². The van der Waals surface area contributed by atoms with Crippen LogP contribution in [0.4, 0.5) is 4.79 Å². The Balaban J connectivity index is 3.01. The van der Waals surface area contributed by atoms with Crippen LogP contribution in [0, 0.1) is 5.41 Å². The van der Waals surface area contributed by atoms with E-state index in [0.29, 0.717) is 30.3 Å². The van der Waals surface area contributed by atoms with Crippen LogP contribution in [-0.2, 0) is 9.47 Å². The van der Waals surface area contributed by atoms with E-state index in [4.69, 9.17) is 19.6 Å². The highest BCUT2D eigenvalue weighted by molar-refractivity contribution is 8.15. The number of amides is 1. The van der Waals surface area contributed by atoms with Crippen LogP contribution in [0.1, 0.15) is 5.56 Å².